The minimum atomic E-state index is -1.13. The number of likely N-dealkylation sites (N-methyl/N-ethyl adjacent to an activating group) is 1. The molecule has 5 rings (SSSR count). The standard InChI is InChI=1S/C40H57N3O10/c1-22-18-23(2)37(52-39-36(46)31(42(7)8)19-24(3)50-39)26(5)35(45)27(6)38(47)49-21-32-33(25(4)34(22)44)43(40(48)51-32)17-13-12-16-29-20-30(41-53-29)28-14-10-9-11-15-28/h9-11,14-15,20,22-27,31-33,36-37,39,46H,12-13,16-19,21H2,1-8H3/t22?,23?,24-,25?,26?,27?,31+,32?,33?,36-,37?,39?/m1/s1. The zero-order valence-electron chi connectivity index (χ0n) is 32.3. The molecule has 3 aliphatic heterocycles. The molecule has 1 aromatic heterocycles. The monoisotopic (exact) mass is 739 g/mol. The molecule has 4 heterocycles. The first-order valence-corrected chi connectivity index (χ1v) is 19.1. The van der Waals surface area contributed by atoms with Gasteiger partial charge in [0.2, 0.25) is 0 Å². The third kappa shape index (κ3) is 9.36. The highest BCUT2D eigenvalue weighted by atomic mass is 16.7. The molecule has 9 unspecified atom stereocenters. The predicted molar refractivity (Wildman–Crippen MR) is 194 cm³/mol. The number of carbonyl (C=O) groups is 4. The zero-order chi connectivity index (χ0) is 38.6. The molecule has 53 heavy (non-hydrogen) atoms. The molecule has 3 fully saturated rings. The highest BCUT2D eigenvalue weighted by molar-refractivity contribution is 6.00. The van der Waals surface area contributed by atoms with Gasteiger partial charge in [-0.05, 0) is 59.5 Å². The van der Waals surface area contributed by atoms with Crippen LogP contribution in [-0.4, -0.2) is 114 Å². The van der Waals surface area contributed by atoms with Gasteiger partial charge >= 0.3 is 12.1 Å². The number of benzene rings is 1. The summed E-state index contributed by atoms with van der Waals surface area (Å²) < 4.78 is 29.5. The summed E-state index contributed by atoms with van der Waals surface area (Å²) in [6, 6.07) is 10.8. The maximum absolute atomic E-state index is 14.2. The molecule has 13 heteroatoms. The number of cyclic esters (lactones) is 1. The fraction of sp³-hybridized carbons (Fsp3) is 0.675. The Hall–Kier alpha value is -3.65. The SMILES string of the molecule is CC1CC(C)C(OC2O[C@H](C)C[C@H](N(C)C)[C@H]2O)C(C)C(=O)C(C)C(=O)OCC2OC(=O)N(CCCCc3cc(-c4ccccc4)no3)C2C(C)C1=O. The molecule has 12 atom stereocenters. The van der Waals surface area contributed by atoms with Crippen LogP contribution in [0.15, 0.2) is 40.9 Å². The number of aliphatic hydroxyl groups is 1. The Kier molecular flexibility index (Phi) is 13.5. The van der Waals surface area contributed by atoms with Gasteiger partial charge in [-0.1, -0.05) is 63.2 Å². The molecule has 2 aromatic rings. The van der Waals surface area contributed by atoms with E-state index in [1.807, 2.05) is 76.2 Å². The van der Waals surface area contributed by atoms with Crippen LogP contribution in [0.25, 0.3) is 11.3 Å². The number of Topliss-reactive ketones (excluding diaryl/α,β-unsaturated/α-hetero) is 2. The number of aromatic nitrogens is 1. The topological polar surface area (TPSA) is 158 Å². The Balaban J connectivity index is 1.31. The number of carbonyl (C=O) groups excluding carboxylic acids is 4. The summed E-state index contributed by atoms with van der Waals surface area (Å²) in [6.45, 7) is 10.7. The molecule has 1 N–H and O–H groups in total. The van der Waals surface area contributed by atoms with Crippen molar-refractivity contribution in [1.82, 2.24) is 15.0 Å². The summed E-state index contributed by atoms with van der Waals surface area (Å²) in [5, 5.41) is 15.4. The molecular formula is C40H57N3O10. The van der Waals surface area contributed by atoms with Gasteiger partial charge in [-0.2, -0.15) is 0 Å². The summed E-state index contributed by atoms with van der Waals surface area (Å²) in [5.41, 5.74) is 1.72. The van der Waals surface area contributed by atoms with Crippen molar-refractivity contribution in [1.29, 1.82) is 0 Å². The summed E-state index contributed by atoms with van der Waals surface area (Å²) in [5.74, 6) is -3.83. The molecule has 1 amide bonds. The molecule has 0 spiro atoms. The first kappa shape index (κ1) is 40.5. The first-order chi connectivity index (χ1) is 25.2. The first-order valence-electron chi connectivity index (χ1n) is 19.1. The largest absolute Gasteiger partial charge is 0.461 e. The summed E-state index contributed by atoms with van der Waals surface area (Å²) >= 11 is 0. The van der Waals surface area contributed by atoms with Crippen molar-refractivity contribution in [3.8, 4) is 11.3 Å². The number of ketones is 2. The molecular weight excluding hydrogens is 682 g/mol. The van der Waals surface area contributed by atoms with E-state index in [4.69, 9.17) is 23.5 Å². The van der Waals surface area contributed by atoms with E-state index < -0.39 is 66.4 Å². The predicted octanol–water partition coefficient (Wildman–Crippen LogP) is 4.93. The lowest BCUT2D eigenvalue weighted by Gasteiger charge is -2.43. The van der Waals surface area contributed by atoms with Crippen LogP contribution in [0.4, 0.5) is 4.79 Å². The third-order valence-corrected chi connectivity index (χ3v) is 11.3. The number of hydrogen-bond donors (Lipinski definition) is 1. The van der Waals surface area contributed by atoms with Crippen LogP contribution in [0, 0.1) is 29.6 Å². The minimum Gasteiger partial charge on any atom is -0.461 e. The minimum absolute atomic E-state index is 0.0741. The van der Waals surface area contributed by atoms with Crippen LogP contribution in [0.3, 0.4) is 0 Å². The Morgan fingerprint density at radius 2 is 1.66 bits per heavy atom. The lowest BCUT2D eigenvalue weighted by molar-refractivity contribution is -0.278. The van der Waals surface area contributed by atoms with Crippen molar-refractivity contribution in [3.63, 3.8) is 0 Å². The van der Waals surface area contributed by atoms with Crippen molar-refractivity contribution in [2.45, 2.75) is 116 Å². The van der Waals surface area contributed by atoms with Gasteiger partial charge in [0.15, 0.2) is 18.2 Å². The molecule has 3 aliphatic rings. The van der Waals surface area contributed by atoms with E-state index in [1.54, 1.807) is 18.7 Å². The van der Waals surface area contributed by atoms with Crippen LogP contribution >= 0.6 is 0 Å². The third-order valence-electron chi connectivity index (χ3n) is 11.3. The quantitative estimate of drug-likeness (QED) is 0.210. The van der Waals surface area contributed by atoms with Crippen LogP contribution in [0.5, 0.6) is 0 Å². The number of hydrogen-bond acceptors (Lipinski definition) is 12. The number of unbranched alkanes of at least 4 members (excludes halogenated alkanes) is 1. The smallest absolute Gasteiger partial charge is 0.410 e. The van der Waals surface area contributed by atoms with Gasteiger partial charge < -0.3 is 38.4 Å². The Morgan fingerprint density at radius 3 is 2.36 bits per heavy atom. The number of ether oxygens (including phenoxy) is 4. The van der Waals surface area contributed by atoms with Crippen molar-refractivity contribution >= 4 is 23.6 Å². The van der Waals surface area contributed by atoms with Gasteiger partial charge in [-0.15, -0.1) is 0 Å². The van der Waals surface area contributed by atoms with Gasteiger partial charge in [0.1, 0.15) is 35.9 Å². The number of fused-ring (bicyclic) bond motifs is 1. The van der Waals surface area contributed by atoms with Crippen LogP contribution in [-0.2, 0) is 39.8 Å². The number of rotatable bonds is 9. The van der Waals surface area contributed by atoms with Crippen LogP contribution in [0.2, 0.25) is 0 Å². The second-order valence-electron chi connectivity index (χ2n) is 15.6. The lowest BCUT2D eigenvalue weighted by Crippen LogP contribution is -2.56. The zero-order valence-corrected chi connectivity index (χ0v) is 32.3. The lowest BCUT2D eigenvalue weighted by atomic mass is 9.78. The Morgan fingerprint density at radius 1 is 0.943 bits per heavy atom. The van der Waals surface area contributed by atoms with Crippen molar-refractivity contribution in [2.75, 3.05) is 27.2 Å². The van der Waals surface area contributed by atoms with E-state index in [-0.39, 0.29) is 36.2 Å². The van der Waals surface area contributed by atoms with Gasteiger partial charge in [0, 0.05) is 48.4 Å². The number of esters is 1. The maximum atomic E-state index is 14.2. The number of aliphatic hydroxyl groups excluding tert-OH is 1. The second kappa shape index (κ2) is 17.7. The fourth-order valence-electron chi connectivity index (χ4n) is 8.25. The normalized spacial score (nSPS) is 34.8. The highest BCUT2D eigenvalue weighted by Gasteiger charge is 2.49. The van der Waals surface area contributed by atoms with Crippen LogP contribution < -0.4 is 0 Å². The summed E-state index contributed by atoms with van der Waals surface area (Å²) in [7, 11) is 3.77. The van der Waals surface area contributed by atoms with E-state index >= 15 is 0 Å². The molecule has 3 saturated heterocycles. The Labute approximate surface area is 312 Å². The van der Waals surface area contributed by atoms with Gasteiger partial charge in [-0.3, -0.25) is 14.4 Å². The summed E-state index contributed by atoms with van der Waals surface area (Å²) in [6.07, 6.45) is -1.51. The molecule has 13 nitrogen and oxygen atoms in total. The van der Waals surface area contributed by atoms with E-state index in [0.29, 0.717) is 38.6 Å². The average Bonchev–Trinajstić information content (AvgIpc) is 3.74. The van der Waals surface area contributed by atoms with E-state index in [1.165, 1.54) is 6.92 Å². The Bertz CT molecular complexity index is 1560. The van der Waals surface area contributed by atoms with Gasteiger partial charge in [-0.25, -0.2) is 4.79 Å². The van der Waals surface area contributed by atoms with E-state index in [2.05, 4.69) is 5.16 Å². The van der Waals surface area contributed by atoms with Gasteiger partial charge in [0.05, 0.1) is 18.2 Å². The number of aryl methyl sites for hydroxylation is 1. The number of amides is 1. The fourth-order valence-corrected chi connectivity index (χ4v) is 8.25. The molecule has 0 bridgehead atoms. The molecule has 0 saturated carbocycles. The van der Waals surface area contributed by atoms with Crippen molar-refractivity contribution in [2.24, 2.45) is 29.6 Å². The van der Waals surface area contributed by atoms with Crippen molar-refractivity contribution in [3.05, 3.63) is 42.2 Å². The maximum Gasteiger partial charge on any atom is 0.410 e. The van der Waals surface area contributed by atoms with Crippen molar-refractivity contribution < 1.29 is 47.8 Å². The summed E-state index contributed by atoms with van der Waals surface area (Å²) in [4.78, 5) is 58.1. The molecule has 292 valence electrons. The molecule has 1 aromatic carbocycles. The van der Waals surface area contributed by atoms with E-state index in [9.17, 15) is 24.3 Å². The second-order valence-corrected chi connectivity index (χ2v) is 15.6. The number of nitrogens with zero attached hydrogens (tertiary/aromatic N) is 3. The van der Waals surface area contributed by atoms with Crippen LogP contribution in [0.1, 0.15) is 73.0 Å². The van der Waals surface area contributed by atoms with E-state index in [0.717, 1.165) is 17.0 Å². The average molecular weight is 740 g/mol. The van der Waals surface area contributed by atoms with Gasteiger partial charge in [0.25, 0.3) is 0 Å². The molecule has 0 radical (unpaired) electrons. The molecule has 0 aliphatic carbocycles. The highest BCUT2D eigenvalue weighted by Crippen LogP contribution is 2.35.